The molecule has 0 radical (unpaired) electrons. The number of hydrogen-bond donors (Lipinski definition) is 2. The Hall–Kier alpha value is -0.470. The van der Waals surface area contributed by atoms with E-state index in [1.807, 2.05) is 30.1 Å². The monoisotopic (exact) mass is 270 g/mol. The quantitative estimate of drug-likeness (QED) is 0.780. The molecular weight excluding hydrogens is 252 g/mol. The first kappa shape index (κ1) is 14.6. The molecule has 0 aromatic carbocycles. The lowest BCUT2D eigenvalue weighted by molar-refractivity contribution is 0.250. The number of thioether (sulfide) groups is 1. The fourth-order valence-corrected chi connectivity index (χ4v) is 3.29. The van der Waals surface area contributed by atoms with Gasteiger partial charge in [-0.25, -0.2) is 0 Å². The molecule has 94 valence electrons. The second-order valence-electron chi connectivity index (χ2n) is 3.84. The summed E-state index contributed by atoms with van der Waals surface area (Å²) in [5.74, 6) is 8.30. The van der Waals surface area contributed by atoms with Crippen molar-refractivity contribution in [3.05, 3.63) is 21.9 Å². The summed E-state index contributed by atoms with van der Waals surface area (Å²) >= 11 is 3.55. The van der Waals surface area contributed by atoms with Crippen LogP contribution in [0.5, 0.6) is 0 Å². The van der Waals surface area contributed by atoms with Gasteiger partial charge in [-0.1, -0.05) is 18.8 Å². The molecule has 1 aromatic heterocycles. The summed E-state index contributed by atoms with van der Waals surface area (Å²) < 4.78 is 0. The summed E-state index contributed by atoms with van der Waals surface area (Å²) in [6.07, 6.45) is 0.532. The van der Waals surface area contributed by atoms with Crippen molar-refractivity contribution >= 4 is 23.1 Å². The van der Waals surface area contributed by atoms with E-state index in [1.54, 1.807) is 11.3 Å². The third kappa shape index (κ3) is 5.60. The van der Waals surface area contributed by atoms with Gasteiger partial charge in [0.25, 0.3) is 0 Å². The average Bonchev–Trinajstić information content (AvgIpc) is 2.77. The van der Waals surface area contributed by atoms with E-state index in [0.29, 0.717) is 12.3 Å². The fourth-order valence-electron chi connectivity index (χ4n) is 1.18. The van der Waals surface area contributed by atoms with Crippen LogP contribution >= 0.6 is 23.1 Å². The van der Waals surface area contributed by atoms with Gasteiger partial charge in [0.1, 0.15) is 0 Å². The third-order valence-corrected chi connectivity index (χ3v) is 4.55. The molecule has 0 aliphatic carbocycles. The minimum Gasteiger partial charge on any atom is -0.396 e. The Morgan fingerprint density at radius 2 is 2.29 bits per heavy atom. The first-order valence-electron chi connectivity index (χ1n) is 5.62. The molecule has 2 nitrogen and oxygen atoms in total. The van der Waals surface area contributed by atoms with Crippen molar-refractivity contribution in [2.75, 3.05) is 19.0 Å². The van der Waals surface area contributed by atoms with Gasteiger partial charge in [0, 0.05) is 29.2 Å². The van der Waals surface area contributed by atoms with Gasteiger partial charge in [0.2, 0.25) is 0 Å². The molecule has 1 heterocycles. The van der Waals surface area contributed by atoms with E-state index in [4.69, 9.17) is 10.2 Å². The second kappa shape index (κ2) is 8.60. The summed E-state index contributed by atoms with van der Waals surface area (Å²) in [4.78, 5) is 1.28. The number of rotatable bonds is 6. The molecule has 4 heteroatoms. The minimum absolute atomic E-state index is 0.120. The Labute approximate surface area is 111 Å². The Morgan fingerprint density at radius 3 is 3.00 bits per heavy atom. The summed E-state index contributed by atoms with van der Waals surface area (Å²) in [5, 5.41) is 19.6. The van der Waals surface area contributed by atoms with Crippen molar-refractivity contribution in [3.63, 3.8) is 0 Å². The van der Waals surface area contributed by atoms with Gasteiger partial charge < -0.3 is 10.2 Å². The van der Waals surface area contributed by atoms with E-state index in [0.717, 1.165) is 17.1 Å². The molecule has 0 aliphatic rings. The molecule has 0 spiro atoms. The van der Waals surface area contributed by atoms with Gasteiger partial charge in [0.05, 0.1) is 6.61 Å². The molecule has 1 aromatic rings. The molecule has 0 saturated carbocycles. The number of aliphatic hydroxyl groups excluding tert-OH is 2. The second-order valence-corrected chi connectivity index (χ2v) is 5.87. The van der Waals surface area contributed by atoms with Crippen LogP contribution in [0.4, 0.5) is 0 Å². The molecule has 0 fully saturated rings. The Kier molecular flexibility index (Phi) is 7.38. The molecule has 0 bridgehead atoms. The van der Waals surface area contributed by atoms with Gasteiger partial charge in [0.15, 0.2) is 0 Å². The molecule has 0 aliphatic heterocycles. The normalized spacial score (nSPS) is 11.9. The molecule has 0 amide bonds. The first-order chi connectivity index (χ1) is 8.27. The van der Waals surface area contributed by atoms with Crippen molar-refractivity contribution in [2.24, 2.45) is 5.92 Å². The largest absolute Gasteiger partial charge is 0.396 e. The van der Waals surface area contributed by atoms with Crippen LogP contribution in [0.1, 0.15) is 23.8 Å². The van der Waals surface area contributed by atoms with Gasteiger partial charge in [-0.2, -0.15) is 11.8 Å². The van der Waals surface area contributed by atoms with Gasteiger partial charge in [-0.15, -0.1) is 11.3 Å². The summed E-state index contributed by atoms with van der Waals surface area (Å²) in [6.45, 7) is 2.42. The van der Waals surface area contributed by atoms with Crippen LogP contribution in [0, 0.1) is 17.8 Å². The Bertz CT molecular complexity index is 376. The van der Waals surface area contributed by atoms with Crippen LogP contribution in [-0.4, -0.2) is 29.2 Å². The van der Waals surface area contributed by atoms with E-state index in [2.05, 4.69) is 11.8 Å². The lowest BCUT2D eigenvalue weighted by atomic mass is 10.2. The summed E-state index contributed by atoms with van der Waals surface area (Å²) in [7, 11) is 0. The molecule has 2 N–H and O–H groups in total. The Morgan fingerprint density at radius 1 is 1.47 bits per heavy atom. The van der Waals surface area contributed by atoms with Crippen LogP contribution < -0.4 is 0 Å². The predicted octanol–water partition coefficient (Wildman–Crippen LogP) is 2.34. The lowest BCUT2D eigenvalue weighted by Crippen LogP contribution is -2.03. The van der Waals surface area contributed by atoms with Crippen LogP contribution in [0.15, 0.2) is 11.4 Å². The van der Waals surface area contributed by atoms with E-state index >= 15 is 0 Å². The maximum absolute atomic E-state index is 8.93. The van der Waals surface area contributed by atoms with Crippen LogP contribution in [-0.2, 0) is 5.75 Å². The third-order valence-electron chi connectivity index (χ3n) is 2.15. The number of aliphatic hydroxyl groups is 2. The van der Waals surface area contributed by atoms with Gasteiger partial charge in [-0.3, -0.25) is 0 Å². The molecule has 17 heavy (non-hydrogen) atoms. The zero-order chi connectivity index (χ0) is 12.5. The highest BCUT2D eigenvalue weighted by Crippen LogP contribution is 2.23. The zero-order valence-corrected chi connectivity index (χ0v) is 11.6. The summed E-state index contributed by atoms with van der Waals surface area (Å²) in [6, 6.07) is 2.03. The molecule has 0 saturated heterocycles. The predicted molar refractivity (Wildman–Crippen MR) is 75.3 cm³/mol. The van der Waals surface area contributed by atoms with Crippen molar-refractivity contribution in [3.8, 4) is 11.8 Å². The van der Waals surface area contributed by atoms with Crippen LogP contribution in [0.25, 0.3) is 0 Å². The zero-order valence-electron chi connectivity index (χ0n) is 9.98. The standard InChI is InChI=1S/C13H18O2S2/c1-11(8-15)9-16-10-13-12(5-7-17-13)4-2-3-6-14/h5,7,11,14-15H,3,6,8-10H2,1H3. The topological polar surface area (TPSA) is 40.5 Å². The SMILES string of the molecule is CC(CO)CSCc1sccc1C#CCCO. The minimum atomic E-state index is 0.120. The molecule has 1 unspecified atom stereocenters. The molecule has 1 rings (SSSR count). The first-order valence-corrected chi connectivity index (χ1v) is 7.66. The smallest absolute Gasteiger partial charge is 0.0540 e. The maximum Gasteiger partial charge on any atom is 0.0540 e. The Balaban J connectivity index is 2.44. The van der Waals surface area contributed by atoms with E-state index in [9.17, 15) is 0 Å². The maximum atomic E-state index is 8.93. The van der Waals surface area contributed by atoms with Crippen molar-refractivity contribution in [1.29, 1.82) is 0 Å². The highest BCUT2D eigenvalue weighted by atomic mass is 32.2. The van der Waals surface area contributed by atoms with E-state index in [-0.39, 0.29) is 13.2 Å². The highest BCUT2D eigenvalue weighted by Gasteiger charge is 2.04. The fraction of sp³-hybridized carbons (Fsp3) is 0.538. The van der Waals surface area contributed by atoms with Crippen LogP contribution in [0.3, 0.4) is 0 Å². The number of hydrogen-bond acceptors (Lipinski definition) is 4. The average molecular weight is 270 g/mol. The van der Waals surface area contributed by atoms with Crippen LogP contribution in [0.2, 0.25) is 0 Å². The van der Waals surface area contributed by atoms with E-state index < -0.39 is 0 Å². The van der Waals surface area contributed by atoms with Gasteiger partial charge in [-0.05, 0) is 23.1 Å². The van der Waals surface area contributed by atoms with E-state index in [1.165, 1.54) is 4.88 Å². The van der Waals surface area contributed by atoms with Crippen molar-refractivity contribution < 1.29 is 10.2 Å². The highest BCUT2D eigenvalue weighted by molar-refractivity contribution is 7.98. The van der Waals surface area contributed by atoms with Crippen molar-refractivity contribution in [2.45, 2.75) is 19.1 Å². The van der Waals surface area contributed by atoms with Crippen molar-refractivity contribution in [1.82, 2.24) is 0 Å². The van der Waals surface area contributed by atoms with Gasteiger partial charge >= 0.3 is 0 Å². The number of thiophene rings is 1. The summed E-state index contributed by atoms with van der Waals surface area (Å²) in [5.41, 5.74) is 1.08. The molecular formula is C13H18O2S2. The lowest BCUT2D eigenvalue weighted by Gasteiger charge is -2.06. The molecule has 1 atom stereocenters.